The van der Waals surface area contributed by atoms with Crippen LogP contribution in [-0.4, -0.2) is 18.4 Å². The van der Waals surface area contributed by atoms with E-state index in [-0.39, 0.29) is 18.2 Å². The molecule has 1 N–H and O–H groups in total. The van der Waals surface area contributed by atoms with Crippen LogP contribution in [0.3, 0.4) is 0 Å². The van der Waals surface area contributed by atoms with Crippen molar-refractivity contribution in [3.8, 4) is 0 Å². The van der Waals surface area contributed by atoms with E-state index < -0.39 is 0 Å². The summed E-state index contributed by atoms with van der Waals surface area (Å²) in [5.41, 5.74) is 1.36. The number of carbonyl (C=O) groups is 2. The largest absolute Gasteiger partial charge is 0.326 e. The van der Waals surface area contributed by atoms with E-state index in [4.69, 9.17) is 11.6 Å². The molecule has 0 bridgehead atoms. The number of hydrogen-bond acceptors (Lipinski definition) is 2. The van der Waals surface area contributed by atoms with Crippen molar-refractivity contribution in [1.82, 2.24) is 0 Å². The van der Waals surface area contributed by atoms with Crippen LogP contribution < -0.4 is 10.2 Å². The van der Waals surface area contributed by atoms with E-state index in [0.717, 1.165) is 5.69 Å². The lowest BCUT2D eigenvalue weighted by Crippen LogP contribution is -2.33. The van der Waals surface area contributed by atoms with Gasteiger partial charge in [-0.2, -0.15) is 0 Å². The van der Waals surface area contributed by atoms with E-state index in [1.54, 1.807) is 29.2 Å². The van der Waals surface area contributed by atoms with Crippen molar-refractivity contribution >= 4 is 34.8 Å². The van der Waals surface area contributed by atoms with Crippen LogP contribution in [0.25, 0.3) is 0 Å². The van der Waals surface area contributed by atoms with E-state index >= 15 is 0 Å². The maximum absolute atomic E-state index is 12.3. The highest BCUT2D eigenvalue weighted by Crippen LogP contribution is 2.16. The smallest absolute Gasteiger partial charge is 0.236 e. The SMILES string of the molecule is CCN(C(=O)CC(=O)Nc1cccc(Cl)c1)c1ccccc1. The molecule has 0 spiro atoms. The summed E-state index contributed by atoms with van der Waals surface area (Å²) in [5, 5.41) is 3.20. The fourth-order valence-corrected chi connectivity index (χ4v) is 2.31. The first-order valence-electron chi connectivity index (χ1n) is 7.01. The van der Waals surface area contributed by atoms with Crippen molar-refractivity contribution in [2.24, 2.45) is 0 Å². The molecular formula is C17H17ClN2O2. The molecule has 5 heteroatoms. The Bertz CT molecular complexity index is 659. The van der Waals surface area contributed by atoms with Gasteiger partial charge in [-0.1, -0.05) is 35.9 Å². The Balaban J connectivity index is 1.99. The summed E-state index contributed by atoms with van der Waals surface area (Å²) in [6.07, 6.45) is -0.213. The lowest BCUT2D eigenvalue weighted by atomic mass is 10.2. The van der Waals surface area contributed by atoms with Gasteiger partial charge in [0.25, 0.3) is 0 Å². The minimum Gasteiger partial charge on any atom is -0.326 e. The molecule has 114 valence electrons. The third-order valence-corrected chi connectivity index (χ3v) is 3.34. The van der Waals surface area contributed by atoms with E-state index in [0.29, 0.717) is 17.3 Å². The minimum absolute atomic E-state index is 0.213. The molecule has 2 amide bonds. The van der Waals surface area contributed by atoms with Crippen LogP contribution in [0.1, 0.15) is 13.3 Å². The van der Waals surface area contributed by atoms with Crippen molar-refractivity contribution in [1.29, 1.82) is 0 Å². The summed E-state index contributed by atoms with van der Waals surface area (Å²) in [7, 11) is 0. The second kappa shape index (κ2) is 7.61. The highest BCUT2D eigenvalue weighted by atomic mass is 35.5. The Morgan fingerprint density at radius 1 is 1.09 bits per heavy atom. The van der Waals surface area contributed by atoms with Crippen LogP contribution in [0.5, 0.6) is 0 Å². The number of nitrogens with one attached hydrogen (secondary N) is 1. The maximum Gasteiger partial charge on any atom is 0.236 e. The van der Waals surface area contributed by atoms with Crippen LogP contribution in [0.4, 0.5) is 11.4 Å². The number of carbonyl (C=O) groups excluding carboxylic acids is 2. The highest BCUT2D eigenvalue weighted by Gasteiger charge is 2.17. The van der Waals surface area contributed by atoms with Crippen LogP contribution in [0.15, 0.2) is 54.6 Å². The number of amides is 2. The normalized spacial score (nSPS) is 10.1. The standard InChI is InChI=1S/C17H17ClN2O2/c1-2-20(15-9-4-3-5-10-15)17(22)12-16(21)19-14-8-6-7-13(18)11-14/h3-11H,2,12H2,1H3,(H,19,21). The molecule has 2 rings (SSSR count). The van der Waals surface area contributed by atoms with E-state index in [1.165, 1.54) is 0 Å². The molecule has 0 heterocycles. The molecule has 4 nitrogen and oxygen atoms in total. The second-order valence-corrected chi connectivity index (χ2v) is 5.15. The molecule has 0 aliphatic carbocycles. The van der Waals surface area contributed by atoms with Gasteiger partial charge in [0, 0.05) is 22.9 Å². The van der Waals surface area contributed by atoms with E-state index in [9.17, 15) is 9.59 Å². The van der Waals surface area contributed by atoms with Gasteiger partial charge < -0.3 is 10.2 Å². The summed E-state index contributed by atoms with van der Waals surface area (Å²) in [6.45, 7) is 2.38. The third kappa shape index (κ3) is 4.33. The monoisotopic (exact) mass is 316 g/mol. The number of benzene rings is 2. The van der Waals surface area contributed by atoms with Crippen molar-refractivity contribution in [3.63, 3.8) is 0 Å². The summed E-state index contributed by atoms with van der Waals surface area (Å²) >= 11 is 5.86. The quantitative estimate of drug-likeness (QED) is 0.855. The average Bonchev–Trinajstić information content (AvgIpc) is 2.49. The van der Waals surface area contributed by atoms with Crippen molar-refractivity contribution in [2.45, 2.75) is 13.3 Å². The van der Waals surface area contributed by atoms with Gasteiger partial charge in [-0.15, -0.1) is 0 Å². The molecule has 0 unspecified atom stereocenters. The van der Waals surface area contributed by atoms with Gasteiger partial charge in [0.1, 0.15) is 6.42 Å². The summed E-state index contributed by atoms with van der Waals surface area (Å²) in [4.78, 5) is 25.8. The maximum atomic E-state index is 12.3. The van der Waals surface area contributed by atoms with Crippen LogP contribution in [0, 0.1) is 0 Å². The average molecular weight is 317 g/mol. The third-order valence-electron chi connectivity index (χ3n) is 3.11. The topological polar surface area (TPSA) is 49.4 Å². The zero-order valence-corrected chi connectivity index (χ0v) is 13.0. The molecule has 0 fully saturated rings. The Labute approximate surface area is 134 Å². The van der Waals surface area contributed by atoms with Crippen molar-refractivity contribution < 1.29 is 9.59 Å². The zero-order chi connectivity index (χ0) is 15.9. The minimum atomic E-state index is -0.360. The molecule has 0 aliphatic heterocycles. The van der Waals surface area contributed by atoms with Crippen molar-refractivity contribution in [3.05, 3.63) is 59.6 Å². The molecule has 0 radical (unpaired) electrons. The highest BCUT2D eigenvalue weighted by molar-refractivity contribution is 6.30. The summed E-state index contributed by atoms with van der Waals surface area (Å²) < 4.78 is 0. The first-order chi connectivity index (χ1) is 10.6. The Morgan fingerprint density at radius 3 is 2.45 bits per heavy atom. The van der Waals surface area contributed by atoms with Crippen molar-refractivity contribution in [2.75, 3.05) is 16.8 Å². The zero-order valence-electron chi connectivity index (χ0n) is 12.3. The van der Waals surface area contributed by atoms with Gasteiger partial charge in [-0.05, 0) is 37.3 Å². The molecular weight excluding hydrogens is 300 g/mol. The molecule has 0 aliphatic rings. The Kier molecular flexibility index (Phi) is 5.55. The fourth-order valence-electron chi connectivity index (χ4n) is 2.12. The molecule has 2 aromatic carbocycles. The lowest BCUT2D eigenvalue weighted by molar-refractivity contribution is -0.125. The number of halogens is 1. The van der Waals surface area contributed by atoms with Crippen LogP contribution >= 0.6 is 11.6 Å². The molecule has 0 saturated carbocycles. The summed E-state index contributed by atoms with van der Waals surface area (Å²) in [6, 6.07) is 16.1. The fraction of sp³-hybridized carbons (Fsp3) is 0.176. The molecule has 0 aromatic heterocycles. The van der Waals surface area contributed by atoms with E-state index in [2.05, 4.69) is 5.32 Å². The lowest BCUT2D eigenvalue weighted by Gasteiger charge is -2.20. The number of anilines is 2. The predicted molar refractivity (Wildman–Crippen MR) is 89.2 cm³/mol. The molecule has 0 saturated heterocycles. The van der Waals surface area contributed by atoms with Crippen LogP contribution in [0.2, 0.25) is 5.02 Å². The number of rotatable bonds is 5. The number of hydrogen-bond donors (Lipinski definition) is 1. The first-order valence-corrected chi connectivity index (χ1v) is 7.38. The van der Waals surface area contributed by atoms with Gasteiger partial charge in [-0.3, -0.25) is 9.59 Å². The van der Waals surface area contributed by atoms with Gasteiger partial charge in [0.15, 0.2) is 0 Å². The molecule has 2 aromatic rings. The Morgan fingerprint density at radius 2 is 1.82 bits per heavy atom. The van der Waals surface area contributed by atoms with Gasteiger partial charge >= 0.3 is 0 Å². The predicted octanol–water partition coefficient (Wildman–Crippen LogP) is 3.72. The van der Waals surface area contributed by atoms with Gasteiger partial charge in [0.2, 0.25) is 11.8 Å². The molecule has 0 atom stereocenters. The van der Waals surface area contributed by atoms with Crippen LogP contribution in [-0.2, 0) is 9.59 Å². The number of nitrogens with zero attached hydrogens (tertiary/aromatic N) is 1. The molecule has 22 heavy (non-hydrogen) atoms. The van der Waals surface area contributed by atoms with Gasteiger partial charge in [-0.25, -0.2) is 0 Å². The first kappa shape index (κ1) is 16.0. The van der Waals surface area contributed by atoms with E-state index in [1.807, 2.05) is 37.3 Å². The number of para-hydroxylation sites is 1. The second-order valence-electron chi connectivity index (χ2n) is 4.71. The Hall–Kier alpha value is -2.33. The van der Waals surface area contributed by atoms with Gasteiger partial charge in [0.05, 0.1) is 0 Å². The summed E-state index contributed by atoms with van der Waals surface area (Å²) in [5.74, 6) is -0.602.